The van der Waals surface area contributed by atoms with Crippen LogP contribution in [0.25, 0.3) is 0 Å². The number of nitrogens with two attached hydrogens (primary N) is 1. The Morgan fingerprint density at radius 2 is 1.96 bits per heavy atom. The fraction of sp³-hybridized carbons (Fsp3) is 0.579. The van der Waals surface area contributed by atoms with Crippen LogP contribution in [0.15, 0.2) is 12.1 Å². The molecule has 2 atom stereocenters. The second kappa shape index (κ2) is 8.43. The van der Waals surface area contributed by atoms with Crippen LogP contribution in [0.1, 0.15) is 46.3 Å². The largest absolute Gasteiger partial charge is 0.352 e. The summed E-state index contributed by atoms with van der Waals surface area (Å²) >= 11 is 0. The molecule has 3 N–H and O–H groups in total. The van der Waals surface area contributed by atoms with Crippen LogP contribution in [0.2, 0.25) is 0 Å². The summed E-state index contributed by atoms with van der Waals surface area (Å²) in [6.45, 7) is 7.06. The van der Waals surface area contributed by atoms with Crippen LogP contribution in [0, 0.1) is 20.8 Å². The number of aryl methyl sites for hydroxylation is 2. The van der Waals surface area contributed by atoms with E-state index in [0.29, 0.717) is 37.9 Å². The Bertz CT molecular complexity index is 625. The average Bonchev–Trinajstić information content (AvgIpc) is 3.01. The molecule has 138 valence electrons. The predicted molar refractivity (Wildman–Crippen MR) is 96.3 cm³/mol. The zero-order valence-corrected chi connectivity index (χ0v) is 15.3. The molecule has 1 saturated heterocycles. The second-order valence-corrected chi connectivity index (χ2v) is 6.91. The molecule has 0 aromatic heterocycles. The van der Waals surface area contributed by atoms with Crippen LogP contribution in [-0.2, 0) is 4.79 Å². The van der Waals surface area contributed by atoms with E-state index in [-0.39, 0.29) is 18.4 Å². The summed E-state index contributed by atoms with van der Waals surface area (Å²) in [5.41, 5.74) is 9.92. The molecule has 1 heterocycles. The van der Waals surface area contributed by atoms with Gasteiger partial charge in [-0.1, -0.05) is 0 Å². The molecular weight excluding hydrogens is 321 g/mol. The first-order valence-electron chi connectivity index (χ1n) is 8.84. The van der Waals surface area contributed by atoms with Gasteiger partial charge in [-0.05, 0) is 68.9 Å². The fourth-order valence-electron chi connectivity index (χ4n) is 3.07. The zero-order chi connectivity index (χ0) is 18.6. The normalized spacial score (nSPS) is 18.3. The lowest BCUT2D eigenvalue weighted by Gasteiger charge is -2.20. The molecule has 5 nitrogen and oxygen atoms in total. The summed E-state index contributed by atoms with van der Waals surface area (Å²) in [5.74, 6) is -0.317. The lowest BCUT2D eigenvalue weighted by Crippen LogP contribution is -2.43. The molecule has 2 rings (SSSR count). The van der Waals surface area contributed by atoms with Crippen LogP contribution >= 0.6 is 0 Å². The maximum Gasteiger partial charge on any atom is 0.251 e. The predicted octanol–water partition coefficient (Wildman–Crippen LogP) is 2.02. The first-order valence-corrected chi connectivity index (χ1v) is 8.84. The number of carbonyl (C=O) groups excluding carboxylic acids is 2. The second-order valence-electron chi connectivity index (χ2n) is 6.91. The third-order valence-corrected chi connectivity index (χ3v) is 4.93. The van der Waals surface area contributed by atoms with Gasteiger partial charge >= 0.3 is 0 Å². The number of carbonyl (C=O) groups is 2. The minimum absolute atomic E-state index is 0.120. The van der Waals surface area contributed by atoms with Gasteiger partial charge in [-0.2, -0.15) is 0 Å². The molecule has 0 unspecified atom stereocenters. The van der Waals surface area contributed by atoms with Gasteiger partial charge < -0.3 is 16.0 Å². The van der Waals surface area contributed by atoms with Gasteiger partial charge in [-0.25, -0.2) is 4.39 Å². The van der Waals surface area contributed by atoms with Gasteiger partial charge in [0.25, 0.3) is 5.91 Å². The summed E-state index contributed by atoms with van der Waals surface area (Å²) < 4.78 is 13.2. The lowest BCUT2D eigenvalue weighted by molar-refractivity contribution is -0.131. The Kier molecular flexibility index (Phi) is 6.53. The van der Waals surface area contributed by atoms with Crippen molar-refractivity contribution in [1.82, 2.24) is 10.2 Å². The van der Waals surface area contributed by atoms with E-state index in [2.05, 4.69) is 5.32 Å². The molecule has 1 aromatic carbocycles. The van der Waals surface area contributed by atoms with E-state index < -0.39 is 12.2 Å². The minimum atomic E-state index is -0.933. The van der Waals surface area contributed by atoms with Crippen molar-refractivity contribution in [3.63, 3.8) is 0 Å². The quantitative estimate of drug-likeness (QED) is 0.772. The maximum atomic E-state index is 13.2. The number of hydrogen-bond donors (Lipinski definition) is 2. The van der Waals surface area contributed by atoms with E-state index in [1.54, 1.807) is 0 Å². The molecule has 0 spiro atoms. The Morgan fingerprint density at radius 3 is 2.52 bits per heavy atom. The molecule has 1 aromatic rings. The summed E-state index contributed by atoms with van der Waals surface area (Å²) in [4.78, 5) is 25.8. The molecule has 0 radical (unpaired) electrons. The number of likely N-dealkylation sites (tertiary alicyclic amines) is 1. The molecule has 6 heteroatoms. The number of benzene rings is 1. The third kappa shape index (κ3) is 5.01. The smallest absolute Gasteiger partial charge is 0.251 e. The number of nitrogens with one attached hydrogen (secondary N) is 1. The Balaban J connectivity index is 1.75. The highest BCUT2D eigenvalue weighted by Crippen LogP contribution is 2.16. The van der Waals surface area contributed by atoms with E-state index in [9.17, 15) is 14.0 Å². The van der Waals surface area contributed by atoms with Crippen LogP contribution in [0.4, 0.5) is 4.39 Å². The van der Waals surface area contributed by atoms with Crippen molar-refractivity contribution in [3.05, 3.63) is 34.4 Å². The van der Waals surface area contributed by atoms with E-state index in [4.69, 9.17) is 5.73 Å². The topological polar surface area (TPSA) is 75.4 Å². The van der Waals surface area contributed by atoms with Crippen molar-refractivity contribution in [2.24, 2.45) is 5.73 Å². The molecule has 1 aliphatic rings. The van der Waals surface area contributed by atoms with Crippen LogP contribution in [0.5, 0.6) is 0 Å². The number of halogens is 1. The van der Waals surface area contributed by atoms with Crippen molar-refractivity contribution in [1.29, 1.82) is 0 Å². The highest BCUT2D eigenvalue weighted by Gasteiger charge is 2.28. The van der Waals surface area contributed by atoms with E-state index >= 15 is 0 Å². The van der Waals surface area contributed by atoms with E-state index in [0.717, 1.165) is 11.1 Å². The summed E-state index contributed by atoms with van der Waals surface area (Å²) in [7, 11) is 0. The summed E-state index contributed by atoms with van der Waals surface area (Å²) in [5, 5.41) is 2.86. The first kappa shape index (κ1) is 19.4. The number of amides is 2. The van der Waals surface area contributed by atoms with Crippen molar-refractivity contribution in [2.45, 2.75) is 52.2 Å². The molecule has 0 saturated carbocycles. The number of alkyl halides is 1. The maximum absolute atomic E-state index is 13.2. The van der Waals surface area contributed by atoms with Crippen LogP contribution < -0.4 is 11.1 Å². The minimum Gasteiger partial charge on any atom is -0.352 e. The lowest BCUT2D eigenvalue weighted by atomic mass is 10.0. The van der Waals surface area contributed by atoms with Crippen molar-refractivity contribution >= 4 is 11.8 Å². The average molecular weight is 349 g/mol. The third-order valence-electron chi connectivity index (χ3n) is 4.93. The van der Waals surface area contributed by atoms with Gasteiger partial charge in [0.2, 0.25) is 5.91 Å². The van der Waals surface area contributed by atoms with Crippen molar-refractivity contribution < 1.29 is 14.0 Å². The van der Waals surface area contributed by atoms with Gasteiger partial charge in [0.1, 0.15) is 6.17 Å². The summed E-state index contributed by atoms with van der Waals surface area (Å²) in [6, 6.07) is 3.13. The van der Waals surface area contributed by atoms with Gasteiger partial charge in [-0.15, -0.1) is 0 Å². The zero-order valence-electron chi connectivity index (χ0n) is 15.3. The SMILES string of the molecule is Cc1cc(C(=O)NCCC[C@H](N)C(=O)N2CC[C@H](F)C2)cc(C)c1C. The fourth-order valence-corrected chi connectivity index (χ4v) is 3.07. The number of nitrogens with zero attached hydrogens (tertiary/aromatic N) is 1. The van der Waals surface area contributed by atoms with Crippen LogP contribution in [0.3, 0.4) is 0 Å². The number of rotatable bonds is 6. The first-order chi connectivity index (χ1) is 11.8. The van der Waals surface area contributed by atoms with Crippen molar-refractivity contribution in [3.8, 4) is 0 Å². The Hall–Kier alpha value is -1.95. The molecule has 1 fully saturated rings. The highest BCUT2D eigenvalue weighted by atomic mass is 19.1. The standard InChI is InChI=1S/C19H28FN3O2/c1-12-9-15(10-13(2)14(12)3)18(24)22-7-4-5-17(21)19(25)23-8-6-16(20)11-23/h9-10,16-17H,4-8,11,21H2,1-3H3,(H,22,24)/t16-,17-/m0/s1. The Morgan fingerprint density at radius 1 is 1.32 bits per heavy atom. The summed E-state index contributed by atoms with van der Waals surface area (Å²) in [6.07, 6.45) is 0.537. The molecule has 0 bridgehead atoms. The molecular formula is C19H28FN3O2. The van der Waals surface area contributed by atoms with E-state index in [1.807, 2.05) is 32.9 Å². The number of hydrogen-bond acceptors (Lipinski definition) is 3. The monoisotopic (exact) mass is 349 g/mol. The highest BCUT2D eigenvalue weighted by molar-refractivity contribution is 5.94. The Labute approximate surface area is 148 Å². The van der Waals surface area contributed by atoms with Gasteiger partial charge in [-0.3, -0.25) is 9.59 Å². The van der Waals surface area contributed by atoms with Gasteiger partial charge in [0.15, 0.2) is 0 Å². The molecule has 25 heavy (non-hydrogen) atoms. The van der Waals surface area contributed by atoms with Crippen LogP contribution in [-0.4, -0.2) is 48.6 Å². The van der Waals surface area contributed by atoms with E-state index in [1.165, 1.54) is 10.5 Å². The van der Waals surface area contributed by atoms with Crippen molar-refractivity contribution in [2.75, 3.05) is 19.6 Å². The molecule has 0 aliphatic carbocycles. The molecule has 2 amide bonds. The van der Waals surface area contributed by atoms with Gasteiger partial charge in [0, 0.05) is 18.7 Å². The molecule has 1 aliphatic heterocycles. The van der Waals surface area contributed by atoms with Gasteiger partial charge in [0.05, 0.1) is 12.6 Å².